The summed E-state index contributed by atoms with van der Waals surface area (Å²) >= 11 is 1.68. The van der Waals surface area contributed by atoms with Gasteiger partial charge in [0.15, 0.2) is 22.8 Å². The van der Waals surface area contributed by atoms with E-state index in [1.54, 1.807) is 32.7 Å². The van der Waals surface area contributed by atoms with E-state index in [0.717, 1.165) is 64.9 Å². The molecule has 160 valence electrons. The van der Waals surface area contributed by atoms with Crippen molar-refractivity contribution < 1.29 is 18.6 Å². The Morgan fingerprint density at radius 2 is 1.71 bits per heavy atom. The average molecular weight is 436 g/mol. The van der Waals surface area contributed by atoms with Crippen LogP contribution in [0.4, 0.5) is 0 Å². The van der Waals surface area contributed by atoms with Crippen LogP contribution in [0.5, 0.6) is 17.2 Å². The van der Waals surface area contributed by atoms with Gasteiger partial charge in [-0.1, -0.05) is 12.1 Å². The molecule has 0 amide bonds. The fourth-order valence-corrected chi connectivity index (χ4v) is 4.99. The second-order valence-corrected chi connectivity index (χ2v) is 8.64. The van der Waals surface area contributed by atoms with Crippen molar-refractivity contribution >= 4 is 22.3 Å². The van der Waals surface area contributed by atoms with Crippen LogP contribution in [0.3, 0.4) is 0 Å². The van der Waals surface area contributed by atoms with Crippen molar-refractivity contribution in [3.05, 3.63) is 64.5 Å². The maximum Gasteiger partial charge on any atom is 0.177 e. The number of methoxy groups -OCH3 is 3. The second-order valence-electron chi connectivity index (χ2n) is 7.69. The molecule has 0 unspecified atom stereocenters. The maximum absolute atomic E-state index is 6.21. The summed E-state index contributed by atoms with van der Waals surface area (Å²) in [4.78, 5) is 3.59. The molecule has 0 N–H and O–H groups in total. The summed E-state index contributed by atoms with van der Waals surface area (Å²) in [6.45, 7) is 2.71. The first-order valence-electron chi connectivity index (χ1n) is 10.3. The lowest BCUT2D eigenvalue weighted by atomic mass is 9.98. The summed E-state index contributed by atoms with van der Waals surface area (Å²) in [6.07, 6.45) is 0.987. The van der Waals surface area contributed by atoms with Crippen LogP contribution in [-0.2, 0) is 19.5 Å². The highest BCUT2D eigenvalue weighted by molar-refractivity contribution is 7.13. The summed E-state index contributed by atoms with van der Waals surface area (Å²) in [7, 11) is 5.05. The number of rotatable bonds is 6. The van der Waals surface area contributed by atoms with Crippen molar-refractivity contribution in [2.45, 2.75) is 19.5 Å². The van der Waals surface area contributed by atoms with Gasteiger partial charge in [-0.3, -0.25) is 4.90 Å². The number of fused-ring (bicyclic) bond motifs is 2. The van der Waals surface area contributed by atoms with Crippen LogP contribution in [-0.4, -0.2) is 32.8 Å². The molecule has 0 saturated heterocycles. The lowest BCUT2D eigenvalue weighted by molar-refractivity contribution is 0.245. The lowest BCUT2D eigenvalue weighted by Gasteiger charge is -2.29. The SMILES string of the molecule is COc1cc2c(cc1OC)CN(Cc1ccc(OC)c3oc(-c4cccs4)cc13)CC2. The van der Waals surface area contributed by atoms with Gasteiger partial charge in [0.25, 0.3) is 0 Å². The summed E-state index contributed by atoms with van der Waals surface area (Å²) < 4.78 is 22.8. The highest BCUT2D eigenvalue weighted by atomic mass is 32.1. The minimum Gasteiger partial charge on any atom is -0.493 e. The molecule has 0 saturated carbocycles. The number of hydrogen-bond acceptors (Lipinski definition) is 6. The monoisotopic (exact) mass is 435 g/mol. The van der Waals surface area contributed by atoms with Crippen LogP contribution >= 0.6 is 11.3 Å². The molecule has 31 heavy (non-hydrogen) atoms. The molecule has 0 fully saturated rings. The molecule has 5 nitrogen and oxygen atoms in total. The maximum atomic E-state index is 6.21. The van der Waals surface area contributed by atoms with Gasteiger partial charge < -0.3 is 18.6 Å². The highest BCUT2D eigenvalue weighted by Gasteiger charge is 2.22. The average Bonchev–Trinajstić information content (AvgIpc) is 3.48. The molecule has 6 heteroatoms. The molecule has 0 aliphatic carbocycles. The lowest BCUT2D eigenvalue weighted by Crippen LogP contribution is -2.30. The molecule has 2 aromatic carbocycles. The van der Waals surface area contributed by atoms with Gasteiger partial charge in [0.05, 0.1) is 26.2 Å². The molecular weight excluding hydrogens is 410 g/mol. The standard InChI is InChI=1S/C25H25NO4S/c1-27-20-7-6-17(19-13-23(30-25(19)20)24-5-4-10-31-24)14-26-9-8-16-11-21(28-2)22(29-3)12-18(16)15-26/h4-7,10-13H,8-9,14-15H2,1-3H3. The molecule has 1 aliphatic heterocycles. The Hall–Kier alpha value is -2.96. The van der Waals surface area contributed by atoms with E-state index < -0.39 is 0 Å². The van der Waals surface area contributed by atoms with Crippen molar-refractivity contribution in [2.75, 3.05) is 27.9 Å². The molecule has 3 heterocycles. The van der Waals surface area contributed by atoms with E-state index in [2.05, 4.69) is 40.6 Å². The second kappa shape index (κ2) is 8.29. The quantitative estimate of drug-likeness (QED) is 0.386. The molecule has 1 aliphatic rings. The predicted molar refractivity (Wildman–Crippen MR) is 123 cm³/mol. The van der Waals surface area contributed by atoms with Gasteiger partial charge in [-0.2, -0.15) is 0 Å². The zero-order chi connectivity index (χ0) is 21.4. The van der Waals surface area contributed by atoms with E-state index >= 15 is 0 Å². The van der Waals surface area contributed by atoms with Crippen molar-refractivity contribution in [1.29, 1.82) is 0 Å². The van der Waals surface area contributed by atoms with Crippen molar-refractivity contribution in [1.82, 2.24) is 4.90 Å². The minimum atomic E-state index is 0.766. The fourth-order valence-electron chi connectivity index (χ4n) is 4.31. The normalized spacial score (nSPS) is 13.9. The summed E-state index contributed by atoms with van der Waals surface area (Å²) in [6, 6.07) is 14.6. The molecule has 0 spiro atoms. The zero-order valence-electron chi connectivity index (χ0n) is 17.9. The molecule has 0 bridgehead atoms. The summed E-state index contributed by atoms with van der Waals surface area (Å²) in [5, 5.41) is 3.18. The predicted octanol–water partition coefficient (Wildman–Crippen LogP) is 5.75. The van der Waals surface area contributed by atoms with E-state index in [9.17, 15) is 0 Å². The van der Waals surface area contributed by atoms with Crippen LogP contribution in [0.1, 0.15) is 16.7 Å². The number of benzene rings is 2. The molecule has 2 aromatic heterocycles. The van der Waals surface area contributed by atoms with Crippen molar-refractivity contribution in [3.63, 3.8) is 0 Å². The van der Waals surface area contributed by atoms with Crippen LogP contribution in [0.15, 0.2) is 52.3 Å². The highest BCUT2D eigenvalue weighted by Crippen LogP contribution is 2.38. The van der Waals surface area contributed by atoms with Crippen molar-refractivity contribution in [2.24, 2.45) is 0 Å². The number of hydrogen-bond donors (Lipinski definition) is 0. The largest absolute Gasteiger partial charge is 0.493 e. The van der Waals surface area contributed by atoms with Crippen LogP contribution in [0.2, 0.25) is 0 Å². The number of ether oxygens (including phenoxy) is 3. The Morgan fingerprint density at radius 1 is 0.935 bits per heavy atom. The van der Waals surface area contributed by atoms with Gasteiger partial charge in [-0.25, -0.2) is 0 Å². The third-order valence-electron chi connectivity index (χ3n) is 5.91. The van der Waals surface area contributed by atoms with Gasteiger partial charge >= 0.3 is 0 Å². The topological polar surface area (TPSA) is 44.1 Å². The van der Waals surface area contributed by atoms with Crippen LogP contribution < -0.4 is 14.2 Å². The first-order valence-corrected chi connectivity index (χ1v) is 11.2. The molecule has 0 atom stereocenters. The first kappa shape index (κ1) is 20.0. The Bertz CT molecular complexity index is 1210. The number of thiophene rings is 1. The molecule has 0 radical (unpaired) electrons. The van der Waals surface area contributed by atoms with E-state index in [0.29, 0.717) is 0 Å². The van der Waals surface area contributed by atoms with Crippen molar-refractivity contribution in [3.8, 4) is 27.9 Å². The summed E-state index contributed by atoms with van der Waals surface area (Å²) in [5.74, 6) is 3.23. The van der Waals surface area contributed by atoms with Crippen LogP contribution in [0, 0.1) is 0 Å². The van der Waals surface area contributed by atoms with Gasteiger partial charge in [0.2, 0.25) is 0 Å². The Kier molecular flexibility index (Phi) is 5.34. The van der Waals surface area contributed by atoms with E-state index in [1.165, 1.54) is 16.7 Å². The van der Waals surface area contributed by atoms with Gasteiger partial charge in [0, 0.05) is 25.0 Å². The zero-order valence-corrected chi connectivity index (χ0v) is 18.8. The van der Waals surface area contributed by atoms with E-state index in [4.69, 9.17) is 18.6 Å². The first-order chi connectivity index (χ1) is 15.2. The Labute approximate surface area is 185 Å². The summed E-state index contributed by atoms with van der Waals surface area (Å²) in [5.41, 5.74) is 4.68. The third-order valence-corrected chi connectivity index (χ3v) is 6.80. The van der Waals surface area contributed by atoms with Crippen LogP contribution in [0.25, 0.3) is 21.6 Å². The fraction of sp³-hybridized carbons (Fsp3) is 0.280. The van der Waals surface area contributed by atoms with E-state index in [1.807, 2.05) is 12.1 Å². The van der Waals surface area contributed by atoms with Gasteiger partial charge in [-0.15, -0.1) is 11.3 Å². The minimum absolute atomic E-state index is 0.766. The van der Waals surface area contributed by atoms with E-state index in [-0.39, 0.29) is 0 Å². The Balaban J connectivity index is 1.46. The number of nitrogens with zero attached hydrogens (tertiary/aromatic N) is 1. The number of furan rings is 1. The van der Waals surface area contributed by atoms with Gasteiger partial charge in [0.1, 0.15) is 5.76 Å². The smallest absolute Gasteiger partial charge is 0.177 e. The Morgan fingerprint density at radius 3 is 2.42 bits per heavy atom. The molecular formula is C25H25NO4S. The third kappa shape index (κ3) is 3.66. The van der Waals surface area contributed by atoms with Gasteiger partial charge in [-0.05, 0) is 58.8 Å². The molecule has 5 rings (SSSR count). The molecule has 4 aromatic rings.